The highest BCUT2D eigenvalue weighted by molar-refractivity contribution is 6.43. The number of carbonyl (C=O) groups excluding carboxylic acids is 2. The summed E-state index contributed by atoms with van der Waals surface area (Å²) in [6.45, 7) is 0. The third-order valence-corrected chi connectivity index (χ3v) is 2.27. The van der Waals surface area contributed by atoms with Gasteiger partial charge < -0.3 is 5.32 Å². The van der Waals surface area contributed by atoms with Crippen molar-refractivity contribution in [2.45, 2.75) is 0 Å². The first-order chi connectivity index (χ1) is 9.69. The molecule has 7 heteroatoms. The topological polar surface area (TPSA) is 108 Å². The Morgan fingerprint density at radius 3 is 2.20 bits per heavy atom. The van der Waals surface area contributed by atoms with E-state index in [0.29, 0.717) is 11.3 Å². The lowest BCUT2D eigenvalue weighted by Gasteiger charge is -2.05. The van der Waals surface area contributed by atoms with Crippen molar-refractivity contribution in [1.82, 2.24) is 9.97 Å². The third kappa shape index (κ3) is 3.36. The smallest absolute Gasteiger partial charge is 0.316 e. The molecule has 2 N–H and O–H groups in total. The van der Waals surface area contributed by atoms with Crippen LogP contribution < -0.4 is 10.6 Å². The molecule has 0 aliphatic rings. The number of rotatable bonds is 2. The minimum atomic E-state index is -0.874. The number of benzene rings is 1. The Balaban J connectivity index is 1.97. The molecule has 0 radical (unpaired) electrons. The van der Waals surface area contributed by atoms with Gasteiger partial charge in [-0.25, -0.2) is 9.97 Å². The van der Waals surface area contributed by atoms with E-state index in [4.69, 9.17) is 5.26 Å². The van der Waals surface area contributed by atoms with Crippen molar-refractivity contribution in [3.63, 3.8) is 0 Å². The summed E-state index contributed by atoms with van der Waals surface area (Å²) in [5.74, 6) is -1.67. The predicted molar refractivity (Wildman–Crippen MR) is 70.4 cm³/mol. The fourth-order valence-corrected chi connectivity index (χ4v) is 1.34. The Labute approximate surface area is 114 Å². The van der Waals surface area contributed by atoms with E-state index >= 15 is 0 Å². The lowest BCUT2D eigenvalue weighted by Crippen LogP contribution is -2.29. The van der Waals surface area contributed by atoms with E-state index in [0.717, 1.165) is 0 Å². The SMILES string of the molecule is N#Cc1ccc(NC(=O)C(=O)Nc2ncccn2)cc1. The molecule has 20 heavy (non-hydrogen) atoms. The zero-order valence-corrected chi connectivity index (χ0v) is 10.2. The maximum absolute atomic E-state index is 11.6. The van der Waals surface area contributed by atoms with E-state index in [-0.39, 0.29) is 5.95 Å². The number of aromatic nitrogens is 2. The number of carbonyl (C=O) groups is 2. The highest BCUT2D eigenvalue weighted by Crippen LogP contribution is 2.08. The van der Waals surface area contributed by atoms with Gasteiger partial charge in [0.15, 0.2) is 0 Å². The van der Waals surface area contributed by atoms with Crippen molar-refractivity contribution in [2.75, 3.05) is 10.6 Å². The lowest BCUT2D eigenvalue weighted by molar-refractivity contribution is -0.133. The van der Waals surface area contributed by atoms with Crippen molar-refractivity contribution in [3.05, 3.63) is 48.3 Å². The van der Waals surface area contributed by atoms with E-state index in [9.17, 15) is 9.59 Å². The molecule has 98 valence electrons. The Morgan fingerprint density at radius 1 is 1.00 bits per heavy atom. The second kappa shape index (κ2) is 6.06. The van der Waals surface area contributed by atoms with Crippen molar-refractivity contribution in [1.29, 1.82) is 5.26 Å². The molecular weight excluding hydrogens is 258 g/mol. The summed E-state index contributed by atoms with van der Waals surface area (Å²) in [4.78, 5) is 30.8. The molecule has 0 atom stereocenters. The van der Waals surface area contributed by atoms with Gasteiger partial charge in [0, 0.05) is 18.1 Å². The van der Waals surface area contributed by atoms with Crippen molar-refractivity contribution >= 4 is 23.5 Å². The van der Waals surface area contributed by atoms with Gasteiger partial charge in [0.1, 0.15) is 0 Å². The summed E-state index contributed by atoms with van der Waals surface area (Å²) in [6.07, 6.45) is 2.89. The summed E-state index contributed by atoms with van der Waals surface area (Å²) >= 11 is 0. The molecular formula is C13H9N5O2. The van der Waals surface area contributed by atoms with Gasteiger partial charge in [-0.2, -0.15) is 5.26 Å². The van der Waals surface area contributed by atoms with E-state index < -0.39 is 11.8 Å². The first kappa shape index (κ1) is 13.2. The van der Waals surface area contributed by atoms with E-state index in [1.54, 1.807) is 6.07 Å². The Bertz CT molecular complexity index is 661. The quantitative estimate of drug-likeness (QED) is 0.787. The molecule has 0 saturated heterocycles. The largest absolute Gasteiger partial charge is 0.318 e. The van der Waals surface area contributed by atoms with Crippen LogP contribution in [0.1, 0.15) is 5.56 Å². The summed E-state index contributed by atoms with van der Waals surface area (Å²) in [5.41, 5.74) is 0.878. The highest BCUT2D eigenvalue weighted by Gasteiger charge is 2.14. The first-order valence-corrected chi connectivity index (χ1v) is 5.58. The van der Waals surface area contributed by atoms with Crippen LogP contribution >= 0.6 is 0 Å². The molecule has 0 bridgehead atoms. The average Bonchev–Trinajstić information content (AvgIpc) is 2.49. The molecule has 0 aliphatic heterocycles. The van der Waals surface area contributed by atoms with Crippen LogP contribution in [0, 0.1) is 11.3 Å². The number of hydrogen-bond acceptors (Lipinski definition) is 5. The molecule has 0 unspecified atom stereocenters. The molecule has 1 heterocycles. The van der Waals surface area contributed by atoms with Crippen LogP contribution in [0.2, 0.25) is 0 Å². The standard InChI is InChI=1S/C13H9N5O2/c14-8-9-2-4-10(5-3-9)17-11(19)12(20)18-13-15-6-1-7-16-13/h1-7H,(H,17,19)(H,15,16,18,20). The normalized spacial score (nSPS) is 9.35. The van der Waals surface area contributed by atoms with Crippen LogP contribution in [0.5, 0.6) is 0 Å². The molecule has 7 nitrogen and oxygen atoms in total. The Morgan fingerprint density at radius 2 is 1.60 bits per heavy atom. The van der Waals surface area contributed by atoms with Gasteiger partial charge in [0.25, 0.3) is 0 Å². The summed E-state index contributed by atoms with van der Waals surface area (Å²) in [7, 11) is 0. The van der Waals surface area contributed by atoms with E-state index in [1.807, 2.05) is 6.07 Å². The van der Waals surface area contributed by atoms with Gasteiger partial charge in [-0.15, -0.1) is 0 Å². The van der Waals surface area contributed by atoms with Crippen LogP contribution in [0.3, 0.4) is 0 Å². The molecule has 2 amide bonds. The number of amides is 2. The number of anilines is 2. The second-order valence-corrected chi connectivity index (χ2v) is 3.67. The van der Waals surface area contributed by atoms with Crippen LogP contribution in [0.4, 0.5) is 11.6 Å². The Hall–Kier alpha value is -3.27. The van der Waals surface area contributed by atoms with Gasteiger partial charge in [-0.1, -0.05) is 0 Å². The number of nitrogens with one attached hydrogen (secondary N) is 2. The monoisotopic (exact) mass is 267 g/mol. The molecule has 0 saturated carbocycles. The molecule has 0 spiro atoms. The Kier molecular flexibility index (Phi) is 3.99. The lowest BCUT2D eigenvalue weighted by atomic mass is 10.2. The third-order valence-electron chi connectivity index (χ3n) is 2.27. The maximum Gasteiger partial charge on any atom is 0.316 e. The molecule has 2 aromatic rings. The predicted octanol–water partition coefficient (Wildman–Crippen LogP) is 0.925. The van der Waals surface area contributed by atoms with Crippen molar-refractivity contribution < 1.29 is 9.59 Å². The van der Waals surface area contributed by atoms with Gasteiger partial charge in [0.05, 0.1) is 11.6 Å². The second-order valence-electron chi connectivity index (χ2n) is 3.67. The summed E-state index contributed by atoms with van der Waals surface area (Å²) in [5, 5.41) is 13.3. The number of nitrogens with zero attached hydrogens (tertiary/aromatic N) is 3. The van der Waals surface area contributed by atoms with Gasteiger partial charge >= 0.3 is 11.8 Å². The summed E-state index contributed by atoms with van der Waals surface area (Å²) < 4.78 is 0. The van der Waals surface area contributed by atoms with Gasteiger partial charge in [0.2, 0.25) is 5.95 Å². The zero-order chi connectivity index (χ0) is 14.4. The molecule has 1 aromatic carbocycles. The molecule has 1 aromatic heterocycles. The van der Waals surface area contributed by atoms with Crippen LogP contribution in [0.25, 0.3) is 0 Å². The average molecular weight is 267 g/mol. The highest BCUT2D eigenvalue weighted by atomic mass is 16.2. The summed E-state index contributed by atoms with van der Waals surface area (Å²) in [6, 6.07) is 9.68. The first-order valence-electron chi connectivity index (χ1n) is 5.58. The van der Waals surface area contributed by atoms with Crippen LogP contribution in [-0.4, -0.2) is 21.8 Å². The van der Waals surface area contributed by atoms with Crippen molar-refractivity contribution in [3.8, 4) is 6.07 Å². The van der Waals surface area contributed by atoms with Crippen LogP contribution in [0.15, 0.2) is 42.7 Å². The zero-order valence-electron chi connectivity index (χ0n) is 10.2. The minimum Gasteiger partial charge on any atom is -0.318 e. The van der Waals surface area contributed by atoms with E-state index in [2.05, 4.69) is 20.6 Å². The van der Waals surface area contributed by atoms with E-state index in [1.165, 1.54) is 36.7 Å². The minimum absolute atomic E-state index is 0.0486. The molecule has 0 aliphatic carbocycles. The number of nitriles is 1. The fraction of sp³-hybridized carbons (Fsp3) is 0. The fourth-order valence-electron chi connectivity index (χ4n) is 1.34. The van der Waals surface area contributed by atoms with Crippen LogP contribution in [-0.2, 0) is 9.59 Å². The van der Waals surface area contributed by atoms with Gasteiger partial charge in [-0.3, -0.25) is 14.9 Å². The maximum atomic E-state index is 11.6. The molecule has 0 fully saturated rings. The molecule has 2 rings (SSSR count). The van der Waals surface area contributed by atoms with Crippen molar-refractivity contribution in [2.24, 2.45) is 0 Å². The van der Waals surface area contributed by atoms with Gasteiger partial charge in [-0.05, 0) is 30.3 Å². The number of hydrogen-bond donors (Lipinski definition) is 2.